The van der Waals surface area contributed by atoms with Crippen molar-refractivity contribution < 1.29 is 0 Å². The number of para-hydroxylation sites is 4. The second-order valence-corrected chi connectivity index (χ2v) is 19.2. The molecule has 0 atom stereocenters. The summed E-state index contributed by atoms with van der Waals surface area (Å²) in [4.78, 5) is 2.42. The average molecular weight is 956 g/mol. The van der Waals surface area contributed by atoms with E-state index in [2.05, 4.69) is 311 Å². The molecule has 0 aliphatic carbocycles. The fourth-order valence-electron chi connectivity index (χ4n) is 11.5. The molecule has 0 bridgehead atoms. The number of nitrogens with zero attached hydrogens (tertiary/aromatic N) is 3. The van der Waals surface area contributed by atoms with Crippen molar-refractivity contribution in [3.63, 3.8) is 0 Å². The highest BCUT2D eigenvalue weighted by Gasteiger charge is 2.23. The predicted molar refractivity (Wildman–Crippen MR) is 317 cm³/mol. The van der Waals surface area contributed by atoms with E-state index in [1.807, 2.05) is 0 Å². The lowest BCUT2D eigenvalue weighted by atomic mass is 9.97. The van der Waals surface area contributed by atoms with Crippen LogP contribution < -0.4 is 4.90 Å². The summed E-state index contributed by atoms with van der Waals surface area (Å²) >= 11 is 0. The average Bonchev–Trinajstić information content (AvgIpc) is 4.01. The Morgan fingerprint density at radius 2 is 0.680 bits per heavy atom. The number of aromatic nitrogens is 2. The summed E-state index contributed by atoms with van der Waals surface area (Å²) in [6.45, 7) is 0. The number of benzene rings is 12. The first-order valence-corrected chi connectivity index (χ1v) is 25.8. The lowest BCUT2D eigenvalue weighted by Gasteiger charge is -2.29. The Hall–Kier alpha value is -9.96. The van der Waals surface area contributed by atoms with E-state index in [4.69, 9.17) is 0 Å². The van der Waals surface area contributed by atoms with Crippen LogP contribution in [0.4, 0.5) is 17.1 Å². The second-order valence-electron chi connectivity index (χ2n) is 19.2. The molecule has 0 aliphatic rings. The van der Waals surface area contributed by atoms with Crippen molar-refractivity contribution in [2.24, 2.45) is 0 Å². The van der Waals surface area contributed by atoms with Gasteiger partial charge in [-0.3, -0.25) is 0 Å². The smallest absolute Gasteiger partial charge is 0.0547 e. The molecule has 2 heterocycles. The van der Waals surface area contributed by atoms with E-state index in [-0.39, 0.29) is 0 Å². The molecule has 0 amide bonds. The molecule has 14 aromatic rings. The maximum atomic E-state index is 2.52. The highest BCUT2D eigenvalue weighted by atomic mass is 15.1. The van der Waals surface area contributed by atoms with Crippen LogP contribution >= 0.6 is 0 Å². The number of hydrogen-bond donors (Lipinski definition) is 0. The monoisotopic (exact) mass is 955 g/mol. The first-order valence-electron chi connectivity index (χ1n) is 25.8. The van der Waals surface area contributed by atoms with Crippen LogP contribution in [0.25, 0.3) is 111 Å². The minimum Gasteiger partial charge on any atom is -0.310 e. The predicted octanol–water partition coefficient (Wildman–Crippen LogP) is 19.7. The third-order valence-electron chi connectivity index (χ3n) is 14.9. The van der Waals surface area contributed by atoms with Crippen LogP contribution in [-0.2, 0) is 0 Å². The molecule has 0 aliphatic heterocycles. The van der Waals surface area contributed by atoms with Gasteiger partial charge in [0.15, 0.2) is 0 Å². The van der Waals surface area contributed by atoms with Gasteiger partial charge in [0.25, 0.3) is 0 Å². The zero-order valence-corrected chi connectivity index (χ0v) is 41.1. The van der Waals surface area contributed by atoms with Crippen LogP contribution in [-0.4, -0.2) is 9.13 Å². The van der Waals surface area contributed by atoms with Crippen LogP contribution in [0.15, 0.2) is 297 Å². The molecule has 0 saturated heterocycles. The van der Waals surface area contributed by atoms with Gasteiger partial charge in [0.2, 0.25) is 0 Å². The van der Waals surface area contributed by atoms with Crippen LogP contribution in [0.5, 0.6) is 0 Å². The van der Waals surface area contributed by atoms with Crippen LogP contribution in [0, 0.1) is 0 Å². The number of anilines is 3. The Labute approximate surface area is 436 Å². The number of hydrogen-bond acceptors (Lipinski definition) is 1. The van der Waals surface area contributed by atoms with Crippen molar-refractivity contribution in [2.45, 2.75) is 0 Å². The molecule has 0 saturated carbocycles. The molecule has 75 heavy (non-hydrogen) atoms. The summed E-state index contributed by atoms with van der Waals surface area (Å²) in [6.07, 6.45) is 0. The SMILES string of the molecule is c1ccc(-c2ccc(N(c3ccc(-c4ccccc4)cc3)c3ccccc3-c3ccccc3-n3c4cc(-c5ccccc5)ccc4c4ccc(-c5cccc6c5c5ccccc5n6-c5ccccc5)cc43)cc2)cc1. The maximum absolute atomic E-state index is 2.52. The lowest BCUT2D eigenvalue weighted by Crippen LogP contribution is -2.11. The molecule has 0 radical (unpaired) electrons. The Morgan fingerprint density at radius 1 is 0.240 bits per heavy atom. The van der Waals surface area contributed by atoms with Crippen molar-refractivity contribution in [1.29, 1.82) is 0 Å². The third kappa shape index (κ3) is 7.69. The van der Waals surface area contributed by atoms with E-state index in [0.29, 0.717) is 0 Å². The Bertz CT molecular complexity index is 4280. The Morgan fingerprint density at radius 3 is 1.31 bits per heavy atom. The van der Waals surface area contributed by atoms with E-state index in [1.54, 1.807) is 0 Å². The van der Waals surface area contributed by atoms with E-state index >= 15 is 0 Å². The van der Waals surface area contributed by atoms with Gasteiger partial charge in [-0.25, -0.2) is 0 Å². The first kappa shape index (κ1) is 43.8. The zero-order valence-electron chi connectivity index (χ0n) is 41.1. The first-order chi connectivity index (χ1) is 37.2. The lowest BCUT2D eigenvalue weighted by molar-refractivity contribution is 1.18. The molecule has 352 valence electrons. The summed E-state index contributed by atoms with van der Waals surface area (Å²) < 4.78 is 4.93. The number of fused-ring (bicyclic) bond motifs is 6. The molecule has 0 unspecified atom stereocenters. The van der Waals surface area contributed by atoms with Gasteiger partial charge in [-0.1, -0.05) is 224 Å². The van der Waals surface area contributed by atoms with Gasteiger partial charge < -0.3 is 14.0 Å². The summed E-state index contributed by atoms with van der Waals surface area (Å²) in [6, 6.07) is 108. The Kier molecular flexibility index (Phi) is 10.8. The van der Waals surface area contributed by atoms with E-state index in [0.717, 1.165) is 50.6 Å². The maximum Gasteiger partial charge on any atom is 0.0547 e. The summed E-state index contributed by atoms with van der Waals surface area (Å²) in [5.41, 5.74) is 21.9. The molecule has 3 heteroatoms. The zero-order chi connectivity index (χ0) is 49.7. The van der Waals surface area contributed by atoms with Crippen molar-refractivity contribution in [1.82, 2.24) is 9.13 Å². The highest BCUT2D eigenvalue weighted by molar-refractivity contribution is 6.17. The molecule has 3 nitrogen and oxygen atoms in total. The molecule has 0 N–H and O–H groups in total. The fourth-order valence-corrected chi connectivity index (χ4v) is 11.5. The van der Waals surface area contributed by atoms with Crippen molar-refractivity contribution in [3.05, 3.63) is 297 Å². The molecule has 14 rings (SSSR count). The second kappa shape index (κ2) is 18.6. The third-order valence-corrected chi connectivity index (χ3v) is 14.9. The van der Waals surface area contributed by atoms with E-state index in [1.165, 1.54) is 77.1 Å². The Balaban J connectivity index is 0.989. The molecule has 12 aromatic carbocycles. The van der Waals surface area contributed by atoms with Gasteiger partial charge in [-0.05, 0) is 117 Å². The van der Waals surface area contributed by atoms with Gasteiger partial charge in [0.05, 0.1) is 33.4 Å². The quantitative estimate of drug-likeness (QED) is 0.133. The van der Waals surface area contributed by atoms with Crippen LogP contribution in [0.1, 0.15) is 0 Å². The molecule has 0 fully saturated rings. The van der Waals surface area contributed by atoms with Crippen LogP contribution in [0.3, 0.4) is 0 Å². The van der Waals surface area contributed by atoms with Gasteiger partial charge >= 0.3 is 0 Å². The molecule has 0 spiro atoms. The standard InChI is InChI=1S/C72H49N3/c1-5-20-50(21-6-1)53-36-42-58(43-37-53)73(59-44-38-54(39-45-59)51-22-7-2-8-23-51)66-32-16-13-28-61(66)62-29-14-17-33-67(62)75-70-48-55(52-24-9-3-10-25-52)40-46-63(70)64-47-41-56(49-71(64)75)60-31-19-35-69-72(60)65-30-15-18-34-68(65)74(69)57-26-11-4-12-27-57/h1-49H. The summed E-state index contributed by atoms with van der Waals surface area (Å²) in [5, 5.41) is 4.88. The largest absolute Gasteiger partial charge is 0.310 e. The number of rotatable bonds is 10. The normalized spacial score (nSPS) is 11.5. The van der Waals surface area contributed by atoms with Crippen molar-refractivity contribution in [3.8, 4) is 67.0 Å². The van der Waals surface area contributed by atoms with Gasteiger partial charge in [0.1, 0.15) is 0 Å². The topological polar surface area (TPSA) is 13.1 Å². The van der Waals surface area contributed by atoms with Crippen molar-refractivity contribution >= 4 is 60.7 Å². The fraction of sp³-hybridized carbons (Fsp3) is 0. The van der Waals surface area contributed by atoms with Gasteiger partial charge in [-0.2, -0.15) is 0 Å². The highest BCUT2D eigenvalue weighted by Crippen LogP contribution is 2.46. The summed E-state index contributed by atoms with van der Waals surface area (Å²) in [7, 11) is 0. The molecule has 2 aromatic heterocycles. The molecular formula is C72H49N3. The minimum atomic E-state index is 1.07. The van der Waals surface area contributed by atoms with Crippen LogP contribution in [0.2, 0.25) is 0 Å². The van der Waals surface area contributed by atoms with E-state index < -0.39 is 0 Å². The van der Waals surface area contributed by atoms with Gasteiger partial charge in [0, 0.05) is 49.7 Å². The minimum absolute atomic E-state index is 1.07. The molecular weight excluding hydrogens is 907 g/mol. The van der Waals surface area contributed by atoms with Crippen molar-refractivity contribution in [2.75, 3.05) is 4.90 Å². The van der Waals surface area contributed by atoms with Gasteiger partial charge in [-0.15, -0.1) is 0 Å². The van der Waals surface area contributed by atoms with E-state index in [9.17, 15) is 0 Å². The summed E-state index contributed by atoms with van der Waals surface area (Å²) in [5.74, 6) is 0.